The van der Waals surface area contributed by atoms with Gasteiger partial charge in [-0.1, -0.05) is 0 Å². The second kappa shape index (κ2) is 5.14. The molecule has 3 rings (SSSR count). The zero-order chi connectivity index (χ0) is 15.9. The van der Waals surface area contributed by atoms with E-state index in [9.17, 15) is 14.0 Å². The number of rotatable bonds is 3. The standard InChI is InChI=1S/C14H13FN4O3/c1-6-9-5-8(15)3-4-10(9)22-11(6)7(2)16-13(20)12-17-14(21)19-18-12/h3-5,7H,1-2H3,(H,16,20)(H2,17,18,19,21)/t7-/m0/s1. The second-order valence-corrected chi connectivity index (χ2v) is 4.95. The predicted molar refractivity (Wildman–Crippen MR) is 76.0 cm³/mol. The van der Waals surface area contributed by atoms with Crippen LogP contribution in [0.15, 0.2) is 27.4 Å². The number of halogens is 1. The number of fused-ring (bicyclic) bond motifs is 1. The van der Waals surface area contributed by atoms with Gasteiger partial charge < -0.3 is 9.73 Å². The van der Waals surface area contributed by atoms with Gasteiger partial charge in [-0.2, -0.15) is 0 Å². The Hall–Kier alpha value is -2.90. The van der Waals surface area contributed by atoms with E-state index >= 15 is 0 Å². The summed E-state index contributed by atoms with van der Waals surface area (Å²) in [6.45, 7) is 3.52. The average Bonchev–Trinajstić information content (AvgIpc) is 3.04. The third-order valence-electron chi connectivity index (χ3n) is 3.39. The molecule has 3 N–H and O–H groups in total. The van der Waals surface area contributed by atoms with Gasteiger partial charge in [-0.05, 0) is 32.0 Å². The molecule has 0 spiro atoms. The number of nitrogens with one attached hydrogen (secondary N) is 3. The van der Waals surface area contributed by atoms with Crippen LogP contribution in [0, 0.1) is 12.7 Å². The fourth-order valence-electron chi connectivity index (χ4n) is 2.33. The molecule has 2 heterocycles. The van der Waals surface area contributed by atoms with Gasteiger partial charge in [-0.3, -0.25) is 9.78 Å². The van der Waals surface area contributed by atoms with Crippen LogP contribution in [0.2, 0.25) is 0 Å². The number of benzene rings is 1. The minimum atomic E-state index is -0.562. The maximum absolute atomic E-state index is 13.3. The van der Waals surface area contributed by atoms with Crippen molar-refractivity contribution in [3.8, 4) is 0 Å². The summed E-state index contributed by atoms with van der Waals surface area (Å²) in [5, 5.41) is 8.99. The minimum absolute atomic E-state index is 0.114. The maximum Gasteiger partial charge on any atom is 0.341 e. The molecule has 8 heteroatoms. The van der Waals surface area contributed by atoms with Gasteiger partial charge in [-0.15, -0.1) is 5.10 Å². The number of carbonyl (C=O) groups is 1. The van der Waals surface area contributed by atoms with E-state index in [1.807, 2.05) is 0 Å². The average molecular weight is 304 g/mol. The van der Waals surface area contributed by atoms with E-state index in [0.29, 0.717) is 16.7 Å². The highest BCUT2D eigenvalue weighted by atomic mass is 19.1. The predicted octanol–water partition coefficient (Wildman–Crippen LogP) is 1.78. The van der Waals surface area contributed by atoms with Crippen molar-refractivity contribution in [2.24, 2.45) is 0 Å². The number of nitrogens with zero attached hydrogens (tertiary/aromatic N) is 1. The van der Waals surface area contributed by atoms with Crippen LogP contribution in [0.1, 0.15) is 34.9 Å². The summed E-state index contributed by atoms with van der Waals surface area (Å²) in [5.41, 5.74) is 0.731. The Balaban J connectivity index is 1.89. The van der Waals surface area contributed by atoms with Gasteiger partial charge in [0.05, 0.1) is 6.04 Å². The minimum Gasteiger partial charge on any atom is -0.459 e. The molecule has 0 unspecified atom stereocenters. The molecule has 3 aromatic rings. The first-order valence-electron chi connectivity index (χ1n) is 6.60. The topological polar surface area (TPSA) is 104 Å². The van der Waals surface area contributed by atoms with Gasteiger partial charge in [0, 0.05) is 10.9 Å². The lowest BCUT2D eigenvalue weighted by Crippen LogP contribution is -2.28. The van der Waals surface area contributed by atoms with Crippen molar-refractivity contribution in [2.75, 3.05) is 0 Å². The van der Waals surface area contributed by atoms with Crippen molar-refractivity contribution in [1.82, 2.24) is 20.5 Å². The number of furan rings is 1. The van der Waals surface area contributed by atoms with Crippen molar-refractivity contribution in [2.45, 2.75) is 19.9 Å². The monoisotopic (exact) mass is 304 g/mol. The van der Waals surface area contributed by atoms with Crippen LogP contribution in [0.25, 0.3) is 11.0 Å². The van der Waals surface area contributed by atoms with E-state index in [1.54, 1.807) is 19.9 Å². The van der Waals surface area contributed by atoms with Crippen LogP contribution in [0.5, 0.6) is 0 Å². The van der Waals surface area contributed by atoms with Crippen LogP contribution >= 0.6 is 0 Å². The number of aromatic amines is 2. The first kappa shape index (κ1) is 14.1. The maximum atomic E-state index is 13.3. The summed E-state index contributed by atoms with van der Waals surface area (Å²) in [6.07, 6.45) is 0. The number of carbonyl (C=O) groups excluding carboxylic acids is 1. The molecule has 114 valence electrons. The quantitative estimate of drug-likeness (QED) is 0.686. The Morgan fingerprint density at radius 1 is 1.45 bits per heavy atom. The lowest BCUT2D eigenvalue weighted by atomic mass is 10.1. The van der Waals surface area contributed by atoms with Crippen LogP contribution in [0.3, 0.4) is 0 Å². The normalized spacial score (nSPS) is 12.5. The molecule has 0 aliphatic carbocycles. The van der Waals surface area contributed by atoms with E-state index < -0.39 is 17.6 Å². The Labute approximate surface area is 123 Å². The number of H-pyrrole nitrogens is 2. The first-order valence-corrected chi connectivity index (χ1v) is 6.60. The molecular weight excluding hydrogens is 291 g/mol. The molecule has 1 atom stereocenters. The van der Waals surface area contributed by atoms with Gasteiger partial charge in [0.25, 0.3) is 5.91 Å². The highest BCUT2D eigenvalue weighted by Gasteiger charge is 2.20. The molecule has 0 aliphatic heterocycles. The number of aryl methyl sites for hydroxylation is 1. The summed E-state index contributed by atoms with van der Waals surface area (Å²) in [6, 6.07) is 3.77. The molecule has 1 amide bonds. The molecule has 22 heavy (non-hydrogen) atoms. The number of hydrogen-bond donors (Lipinski definition) is 3. The van der Waals surface area contributed by atoms with Gasteiger partial charge >= 0.3 is 5.69 Å². The number of amides is 1. The Morgan fingerprint density at radius 3 is 2.91 bits per heavy atom. The van der Waals surface area contributed by atoms with Crippen LogP contribution in [-0.4, -0.2) is 21.1 Å². The SMILES string of the molecule is Cc1c([C@H](C)NC(=O)c2n[nH]c(=O)[nH]2)oc2ccc(F)cc12. The first-order chi connectivity index (χ1) is 10.5. The van der Waals surface area contributed by atoms with E-state index in [1.165, 1.54) is 12.1 Å². The second-order valence-electron chi connectivity index (χ2n) is 4.95. The summed E-state index contributed by atoms with van der Waals surface area (Å²) in [4.78, 5) is 25.2. The van der Waals surface area contributed by atoms with Gasteiger partial charge in [0.1, 0.15) is 17.2 Å². The van der Waals surface area contributed by atoms with Crippen molar-refractivity contribution < 1.29 is 13.6 Å². The molecule has 0 aliphatic rings. The molecule has 0 fully saturated rings. The van der Waals surface area contributed by atoms with Crippen molar-refractivity contribution in [3.05, 3.63) is 51.6 Å². The zero-order valence-corrected chi connectivity index (χ0v) is 11.9. The molecule has 0 bridgehead atoms. The molecule has 1 aromatic carbocycles. The fraction of sp³-hybridized carbons (Fsp3) is 0.214. The van der Waals surface area contributed by atoms with E-state index in [-0.39, 0.29) is 11.6 Å². The largest absolute Gasteiger partial charge is 0.459 e. The lowest BCUT2D eigenvalue weighted by Gasteiger charge is -2.11. The van der Waals surface area contributed by atoms with Crippen LogP contribution in [-0.2, 0) is 0 Å². The molecule has 2 aromatic heterocycles. The van der Waals surface area contributed by atoms with Crippen molar-refractivity contribution >= 4 is 16.9 Å². The summed E-state index contributed by atoms with van der Waals surface area (Å²) in [5.74, 6) is -0.492. The van der Waals surface area contributed by atoms with Crippen molar-refractivity contribution in [3.63, 3.8) is 0 Å². The zero-order valence-electron chi connectivity index (χ0n) is 11.9. The Bertz CT molecular complexity index is 908. The van der Waals surface area contributed by atoms with Crippen molar-refractivity contribution in [1.29, 1.82) is 0 Å². The molecule has 0 saturated heterocycles. The summed E-state index contributed by atoms with van der Waals surface area (Å²) >= 11 is 0. The summed E-state index contributed by atoms with van der Waals surface area (Å²) in [7, 11) is 0. The Morgan fingerprint density at radius 2 is 2.23 bits per heavy atom. The summed E-state index contributed by atoms with van der Waals surface area (Å²) < 4.78 is 19.0. The Kier molecular flexibility index (Phi) is 3.28. The number of aromatic nitrogens is 3. The van der Waals surface area contributed by atoms with Gasteiger partial charge in [-0.25, -0.2) is 14.3 Å². The fourth-order valence-corrected chi connectivity index (χ4v) is 2.33. The highest BCUT2D eigenvalue weighted by Crippen LogP contribution is 2.29. The lowest BCUT2D eigenvalue weighted by molar-refractivity contribution is 0.0925. The third-order valence-corrected chi connectivity index (χ3v) is 3.39. The smallest absolute Gasteiger partial charge is 0.341 e. The van der Waals surface area contributed by atoms with Crippen LogP contribution < -0.4 is 11.0 Å². The van der Waals surface area contributed by atoms with Gasteiger partial charge in [0.15, 0.2) is 0 Å². The van der Waals surface area contributed by atoms with E-state index in [0.717, 1.165) is 5.56 Å². The molecule has 7 nitrogen and oxygen atoms in total. The van der Waals surface area contributed by atoms with Gasteiger partial charge in [0.2, 0.25) is 5.82 Å². The molecule has 0 saturated carbocycles. The highest BCUT2D eigenvalue weighted by molar-refractivity contribution is 5.90. The van der Waals surface area contributed by atoms with E-state index in [2.05, 4.69) is 20.5 Å². The van der Waals surface area contributed by atoms with Crippen LogP contribution in [0.4, 0.5) is 4.39 Å². The van der Waals surface area contributed by atoms with E-state index in [4.69, 9.17) is 4.42 Å². The molecule has 0 radical (unpaired) electrons. The third kappa shape index (κ3) is 2.39. The number of hydrogen-bond acceptors (Lipinski definition) is 4. The molecular formula is C14H13FN4O3.